The summed E-state index contributed by atoms with van der Waals surface area (Å²) in [5.41, 5.74) is 5.59. The molecule has 5 nitrogen and oxygen atoms in total. The Hall–Kier alpha value is -1.10. The van der Waals surface area contributed by atoms with E-state index >= 15 is 0 Å². The van der Waals surface area contributed by atoms with Crippen molar-refractivity contribution >= 4 is 11.9 Å². The van der Waals surface area contributed by atoms with E-state index in [0.717, 1.165) is 0 Å². The molecule has 1 aliphatic heterocycles. The van der Waals surface area contributed by atoms with E-state index in [1.165, 1.54) is 0 Å². The highest BCUT2D eigenvalue weighted by molar-refractivity contribution is 5.83. The third kappa shape index (κ3) is 2.95. The van der Waals surface area contributed by atoms with Gasteiger partial charge in [0.15, 0.2) is 0 Å². The predicted molar refractivity (Wildman–Crippen MR) is 59.8 cm³/mol. The van der Waals surface area contributed by atoms with E-state index in [1.54, 1.807) is 4.90 Å². The first kappa shape index (κ1) is 13.0. The molecule has 1 saturated heterocycles. The fourth-order valence-corrected chi connectivity index (χ4v) is 1.69. The first-order valence-corrected chi connectivity index (χ1v) is 5.48. The van der Waals surface area contributed by atoms with Crippen molar-refractivity contribution in [2.24, 2.45) is 17.1 Å². The number of nitrogens with two attached hydrogens (primary N) is 1. The van der Waals surface area contributed by atoms with Crippen LogP contribution in [-0.4, -0.2) is 41.0 Å². The Morgan fingerprint density at radius 1 is 1.44 bits per heavy atom. The van der Waals surface area contributed by atoms with E-state index in [-0.39, 0.29) is 23.7 Å². The van der Waals surface area contributed by atoms with Crippen molar-refractivity contribution < 1.29 is 14.7 Å². The van der Waals surface area contributed by atoms with E-state index < -0.39 is 12.0 Å². The number of likely N-dealkylation sites (tertiary alicyclic amines) is 1. The molecule has 0 saturated carbocycles. The van der Waals surface area contributed by atoms with Gasteiger partial charge < -0.3 is 15.7 Å². The van der Waals surface area contributed by atoms with Gasteiger partial charge >= 0.3 is 5.97 Å². The number of carbonyl (C=O) groups is 2. The molecular weight excluding hydrogens is 208 g/mol. The number of rotatable bonds is 3. The number of aliphatic carboxylic acids is 1. The minimum Gasteiger partial charge on any atom is -0.481 e. The fourth-order valence-electron chi connectivity index (χ4n) is 1.69. The summed E-state index contributed by atoms with van der Waals surface area (Å²) in [4.78, 5) is 23.9. The molecule has 0 aromatic carbocycles. The van der Waals surface area contributed by atoms with Gasteiger partial charge in [-0.3, -0.25) is 9.59 Å². The zero-order chi connectivity index (χ0) is 12.5. The number of nitrogens with zero attached hydrogens (tertiary/aromatic N) is 1. The highest BCUT2D eigenvalue weighted by Crippen LogP contribution is 2.24. The van der Waals surface area contributed by atoms with Crippen LogP contribution in [0.15, 0.2) is 0 Å². The average Bonchev–Trinajstić information content (AvgIpc) is 2.06. The van der Waals surface area contributed by atoms with Crippen molar-refractivity contribution in [2.75, 3.05) is 13.1 Å². The van der Waals surface area contributed by atoms with Crippen molar-refractivity contribution in [3.63, 3.8) is 0 Å². The lowest BCUT2D eigenvalue weighted by molar-refractivity contribution is -0.147. The maximum absolute atomic E-state index is 11.9. The lowest BCUT2D eigenvalue weighted by atomic mass is 9.85. The molecule has 1 aliphatic rings. The van der Waals surface area contributed by atoms with Crippen molar-refractivity contribution in [3.05, 3.63) is 0 Å². The molecule has 5 heteroatoms. The van der Waals surface area contributed by atoms with Crippen LogP contribution in [0.1, 0.15) is 27.2 Å². The quantitative estimate of drug-likeness (QED) is 0.727. The Labute approximate surface area is 95.6 Å². The molecule has 0 aromatic heterocycles. The van der Waals surface area contributed by atoms with E-state index in [1.807, 2.05) is 20.8 Å². The van der Waals surface area contributed by atoms with Crippen LogP contribution in [0.5, 0.6) is 0 Å². The zero-order valence-corrected chi connectivity index (χ0v) is 10.1. The summed E-state index contributed by atoms with van der Waals surface area (Å²) in [6.45, 7) is 6.81. The van der Waals surface area contributed by atoms with Crippen LogP contribution in [0.2, 0.25) is 0 Å². The summed E-state index contributed by atoms with van der Waals surface area (Å²) in [5.74, 6) is -0.792. The topological polar surface area (TPSA) is 83.6 Å². The SMILES string of the molecule is CC(C)(C)[C@@H](N)C(=O)N1CC(CC(=O)O)C1. The highest BCUT2D eigenvalue weighted by Gasteiger charge is 2.37. The van der Waals surface area contributed by atoms with E-state index in [4.69, 9.17) is 10.8 Å². The number of hydrogen-bond donors (Lipinski definition) is 2. The Bertz CT molecular complexity index is 290. The van der Waals surface area contributed by atoms with Gasteiger partial charge in [-0.25, -0.2) is 0 Å². The summed E-state index contributed by atoms with van der Waals surface area (Å²) in [6, 6.07) is -0.515. The highest BCUT2D eigenvalue weighted by atomic mass is 16.4. The second kappa shape index (κ2) is 4.41. The van der Waals surface area contributed by atoms with E-state index in [0.29, 0.717) is 13.1 Å². The van der Waals surface area contributed by atoms with Gasteiger partial charge in [-0.2, -0.15) is 0 Å². The van der Waals surface area contributed by atoms with Crippen molar-refractivity contribution in [3.8, 4) is 0 Å². The molecular formula is C11H20N2O3. The molecule has 0 bridgehead atoms. The van der Waals surface area contributed by atoms with Crippen molar-refractivity contribution in [1.29, 1.82) is 0 Å². The van der Waals surface area contributed by atoms with Gasteiger partial charge in [0.25, 0.3) is 0 Å². The summed E-state index contributed by atoms with van der Waals surface area (Å²) in [7, 11) is 0. The van der Waals surface area contributed by atoms with Crippen LogP contribution in [0, 0.1) is 11.3 Å². The van der Waals surface area contributed by atoms with E-state index in [9.17, 15) is 9.59 Å². The first-order chi connectivity index (χ1) is 7.21. The Kier molecular flexibility index (Phi) is 3.57. The Morgan fingerprint density at radius 3 is 2.31 bits per heavy atom. The normalized spacial score (nSPS) is 19.1. The van der Waals surface area contributed by atoms with Gasteiger partial charge in [0, 0.05) is 19.0 Å². The third-order valence-electron chi connectivity index (χ3n) is 2.93. The van der Waals surface area contributed by atoms with Crippen LogP contribution in [-0.2, 0) is 9.59 Å². The minimum absolute atomic E-state index is 0.0749. The van der Waals surface area contributed by atoms with Crippen LogP contribution in [0.4, 0.5) is 0 Å². The number of carboxylic acid groups (broad SMARTS) is 1. The van der Waals surface area contributed by atoms with E-state index in [2.05, 4.69) is 0 Å². The maximum atomic E-state index is 11.9. The summed E-state index contributed by atoms with van der Waals surface area (Å²) in [6.07, 6.45) is 0.133. The molecule has 1 heterocycles. The molecule has 1 fully saturated rings. The molecule has 1 atom stereocenters. The molecule has 0 aliphatic carbocycles. The lowest BCUT2D eigenvalue weighted by Gasteiger charge is -2.42. The molecule has 1 rings (SSSR count). The summed E-state index contributed by atoms with van der Waals surface area (Å²) in [5, 5.41) is 8.58. The van der Waals surface area contributed by atoms with Crippen LogP contribution < -0.4 is 5.73 Å². The maximum Gasteiger partial charge on any atom is 0.303 e. The largest absolute Gasteiger partial charge is 0.481 e. The third-order valence-corrected chi connectivity index (χ3v) is 2.93. The fraction of sp³-hybridized carbons (Fsp3) is 0.818. The monoisotopic (exact) mass is 228 g/mol. The predicted octanol–water partition coefficient (Wildman–Crippen LogP) is 0.293. The molecule has 0 unspecified atom stereocenters. The second-order valence-corrected chi connectivity index (χ2v) is 5.55. The van der Waals surface area contributed by atoms with Crippen LogP contribution in [0.25, 0.3) is 0 Å². The Balaban J connectivity index is 2.40. The van der Waals surface area contributed by atoms with Crippen LogP contribution >= 0.6 is 0 Å². The molecule has 92 valence electrons. The minimum atomic E-state index is -0.808. The standard InChI is InChI=1S/C11H20N2O3/c1-11(2,3)9(12)10(16)13-5-7(6-13)4-8(14)15/h7,9H,4-6,12H2,1-3H3,(H,14,15)/t9-/m0/s1. The average molecular weight is 228 g/mol. The van der Waals surface area contributed by atoms with Gasteiger partial charge in [0.1, 0.15) is 0 Å². The number of hydrogen-bond acceptors (Lipinski definition) is 3. The zero-order valence-electron chi connectivity index (χ0n) is 10.1. The van der Waals surface area contributed by atoms with Crippen LogP contribution in [0.3, 0.4) is 0 Å². The number of carbonyl (C=O) groups excluding carboxylic acids is 1. The smallest absolute Gasteiger partial charge is 0.303 e. The molecule has 3 N–H and O–H groups in total. The van der Waals surface area contributed by atoms with Gasteiger partial charge in [-0.15, -0.1) is 0 Å². The number of carboxylic acids is 1. The Morgan fingerprint density at radius 2 is 1.94 bits per heavy atom. The first-order valence-electron chi connectivity index (χ1n) is 5.48. The summed E-state index contributed by atoms with van der Waals surface area (Å²) >= 11 is 0. The lowest BCUT2D eigenvalue weighted by Crippen LogP contribution is -2.58. The summed E-state index contributed by atoms with van der Waals surface area (Å²) < 4.78 is 0. The molecule has 1 amide bonds. The molecule has 0 aromatic rings. The second-order valence-electron chi connectivity index (χ2n) is 5.55. The van der Waals surface area contributed by atoms with Gasteiger partial charge in [-0.05, 0) is 5.41 Å². The van der Waals surface area contributed by atoms with Crippen molar-refractivity contribution in [1.82, 2.24) is 4.90 Å². The number of amides is 1. The van der Waals surface area contributed by atoms with Crippen molar-refractivity contribution in [2.45, 2.75) is 33.2 Å². The molecule has 0 spiro atoms. The molecule has 0 radical (unpaired) electrons. The van der Waals surface area contributed by atoms with Gasteiger partial charge in [0.05, 0.1) is 12.5 Å². The van der Waals surface area contributed by atoms with Gasteiger partial charge in [-0.1, -0.05) is 20.8 Å². The van der Waals surface area contributed by atoms with Gasteiger partial charge in [0.2, 0.25) is 5.91 Å². The molecule has 16 heavy (non-hydrogen) atoms.